The van der Waals surface area contributed by atoms with E-state index in [9.17, 15) is 0 Å². The Morgan fingerprint density at radius 2 is 1.06 bits per heavy atom. The Morgan fingerprint density at radius 3 is 1.41 bits per heavy atom. The summed E-state index contributed by atoms with van der Waals surface area (Å²) in [6.07, 6.45) is 5.51. The molecule has 0 aromatic heterocycles. The molecule has 0 heterocycles. The minimum Gasteiger partial charge on any atom is -0.331 e. The Kier molecular flexibility index (Phi) is 6.16. The van der Waals surface area contributed by atoms with Gasteiger partial charge >= 0.3 is 0 Å². The molecule has 2 heteroatoms. The molecule has 0 aliphatic rings. The van der Waals surface area contributed by atoms with Crippen LogP contribution in [-0.4, -0.2) is 62.8 Å². The molecule has 0 aromatic rings. The van der Waals surface area contributed by atoms with Crippen LogP contribution in [0.4, 0.5) is 0 Å². The van der Waals surface area contributed by atoms with Crippen molar-refractivity contribution in [2.45, 2.75) is 52.0 Å². The summed E-state index contributed by atoms with van der Waals surface area (Å²) in [5.74, 6) is 0. The van der Waals surface area contributed by atoms with Gasteiger partial charge in [0.25, 0.3) is 0 Å². The maximum Gasteiger partial charge on any atom is 0.0903 e. The first-order valence-corrected chi connectivity index (χ1v) is 7.09. The summed E-state index contributed by atoms with van der Waals surface area (Å²) in [6, 6.07) is 0. The first kappa shape index (κ1) is 16.9. The molecule has 0 N–H and O–H groups in total. The summed E-state index contributed by atoms with van der Waals surface area (Å²) in [6.45, 7) is 9.61. The molecule has 0 saturated carbocycles. The molecule has 0 bridgehead atoms. The molecule has 0 amide bonds. The minimum absolute atomic E-state index is 0.363. The van der Waals surface area contributed by atoms with Gasteiger partial charge in [0.1, 0.15) is 0 Å². The van der Waals surface area contributed by atoms with Gasteiger partial charge in [0.15, 0.2) is 0 Å². The number of nitrogens with zero attached hydrogens (tertiary/aromatic N) is 2. The third kappa shape index (κ3) is 7.77. The Morgan fingerprint density at radius 1 is 0.647 bits per heavy atom. The van der Waals surface area contributed by atoms with Crippen LogP contribution in [0, 0.1) is 0 Å². The number of quaternary nitrogens is 2. The van der Waals surface area contributed by atoms with Crippen LogP contribution in [0.25, 0.3) is 0 Å². The molecule has 2 nitrogen and oxygen atoms in total. The fraction of sp³-hybridized carbons (Fsp3) is 1.00. The zero-order valence-electron chi connectivity index (χ0n) is 13.6. The van der Waals surface area contributed by atoms with Gasteiger partial charge in [-0.25, -0.2) is 0 Å². The van der Waals surface area contributed by atoms with Gasteiger partial charge < -0.3 is 8.97 Å². The van der Waals surface area contributed by atoms with E-state index in [1.807, 2.05) is 0 Å². The lowest BCUT2D eigenvalue weighted by molar-refractivity contribution is -0.935. The van der Waals surface area contributed by atoms with Crippen LogP contribution in [0.15, 0.2) is 0 Å². The Bertz CT molecular complexity index is 206. The second-order valence-electron chi connectivity index (χ2n) is 8.01. The maximum atomic E-state index is 2.35. The molecule has 17 heavy (non-hydrogen) atoms. The van der Waals surface area contributed by atoms with Gasteiger partial charge in [-0.1, -0.05) is 0 Å². The van der Waals surface area contributed by atoms with Gasteiger partial charge in [0, 0.05) is 0 Å². The monoisotopic (exact) mass is 244 g/mol. The van der Waals surface area contributed by atoms with E-state index in [1.54, 1.807) is 0 Å². The SMILES string of the molecule is CC(C)(C)[N+](C)(C)CCCCCC[N+](C)(C)C. The third-order valence-corrected chi connectivity index (χ3v) is 4.11. The molecule has 0 saturated heterocycles. The van der Waals surface area contributed by atoms with E-state index in [-0.39, 0.29) is 0 Å². The molecule has 0 atom stereocenters. The number of rotatable bonds is 7. The van der Waals surface area contributed by atoms with Crippen LogP contribution >= 0.6 is 0 Å². The highest BCUT2D eigenvalue weighted by molar-refractivity contribution is 4.60. The summed E-state index contributed by atoms with van der Waals surface area (Å²) in [4.78, 5) is 0. The van der Waals surface area contributed by atoms with Crippen molar-refractivity contribution in [3.05, 3.63) is 0 Å². The molecule has 0 aromatic carbocycles. The third-order valence-electron chi connectivity index (χ3n) is 4.11. The summed E-state index contributed by atoms with van der Waals surface area (Å²) in [7, 11) is 11.5. The second-order valence-corrected chi connectivity index (χ2v) is 8.01. The van der Waals surface area contributed by atoms with Crippen molar-refractivity contribution in [2.75, 3.05) is 48.3 Å². The molecule has 0 spiro atoms. The lowest BCUT2D eigenvalue weighted by atomic mass is 10.0. The van der Waals surface area contributed by atoms with Gasteiger partial charge in [0.05, 0.1) is 53.9 Å². The zero-order chi connectivity index (χ0) is 13.7. The number of hydrogen-bond donors (Lipinski definition) is 0. The van der Waals surface area contributed by atoms with E-state index in [4.69, 9.17) is 0 Å². The summed E-state index contributed by atoms with van der Waals surface area (Å²) in [5.41, 5.74) is 0.363. The minimum atomic E-state index is 0.363. The largest absolute Gasteiger partial charge is 0.331 e. The Labute approximate surface area is 110 Å². The standard InChI is InChI=1S/C15H36N2/c1-15(2,3)17(7,8)14-12-10-9-11-13-16(4,5)6/h9-14H2,1-8H3/q+2. The fourth-order valence-corrected chi connectivity index (χ4v) is 1.78. The van der Waals surface area contributed by atoms with Crippen LogP contribution in [0.1, 0.15) is 46.5 Å². The van der Waals surface area contributed by atoms with Crippen LogP contribution in [-0.2, 0) is 0 Å². The van der Waals surface area contributed by atoms with E-state index >= 15 is 0 Å². The van der Waals surface area contributed by atoms with E-state index in [0.717, 1.165) is 8.97 Å². The van der Waals surface area contributed by atoms with Crippen molar-refractivity contribution in [1.29, 1.82) is 0 Å². The molecular weight excluding hydrogens is 208 g/mol. The van der Waals surface area contributed by atoms with Crippen LogP contribution in [0.5, 0.6) is 0 Å². The normalized spacial score (nSPS) is 14.1. The maximum absolute atomic E-state index is 2.35. The smallest absolute Gasteiger partial charge is 0.0903 e. The number of hydrogen-bond acceptors (Lipinski definition) is 0. The fourth-order valence-electron chi connectivity index (χ4n) is 1.78. The highest BCUT2D eigenvalue weighted by atomic mass is 15.4. The Balaban J connectivity index is 3.66. The Hall–Kier alpha value is -0.0800. The van der Waals surface area contributed by atoms with Crippen molar-refractivity contribution in [1.82, 2.24) is 0 Å². The van der Waals surface area contributed by atoms with Gasteiger partial charge in [-0.3, -0.25) is 0 Å². The molecule has 0 radical (unpaired) electrons. The van der Waals surface area contributed by atoms with Crippen molar-refractivity contribution in [3.8, 4) is 0 Å². The predicted molar refractivity (Wildman–Crippen MR) is 78.1 cm³/mol. The molecule has 104 valence electrons. The first-order chi connectivity index (χ1) is 7.46. The summed E-state index contributed by atoms with van der Waals surface area (Å²) >= 11 is 0. The van der Waals surface area contributed by atoms with Crippen molar-refractivity contribution >= 4 is 0 Å². The molecular formula is C15H36N2+2. The van der Waals surface area contributed by atoms with Crippen molar-refractivity contribution in [3.63, 3.8) is 0 Å². The topological polar surface area (TPSA) is 0 Å². The lowest BCUT2D eigenvalue weighted by Gasteiger charge is -2.42. The van der Waals surface area contributed by atoms with Crippen molar-refractivity contribution in [2.24, 2.45) is 0 Å². The summed E-state index contributed by atoms with van der Waals surface area (Å²) in [5, 5.41) is 0. The van der Waals surface area contributed by atoms with E-state index in [2.05, 4.69) is 56.0 Å². The summed E-state index contributed by atoms with van der Waals surface area (Å²) < 4.78 is 2.23. The van der Waals surface area contributed by atoms with Crippen LogP contribution in [0.3, 0.4) is 0 Å². The van der Waals surface area contributed by atoms with Gasteiger partial charge in [-0.2, -0.15) is 0 Å². The van der Waals surface area contributed by atoms with Crippen molar-refractivity contribution < 1.29 is 8.97 Å². The van der Waals surface area contributed by atoms with Gasteiger partial charge in [-0.05, 0) is 46.5 Å². The molecule has 0 fully saturated rings. The van der Waals surface area contributed by atoms with Gasteiger partial charge in [-0.15, -0.1) is 0 Å². The predicted octanol–water partition coefficient (Wildman–Crippen LogP) is 3.13. The van der Waals surface area contributed by atoms with E-state index in [1.165, 1.54) is 38.8 Å². The molecule has 0 aliphatic carbocycles. The lowest BCUT2D eigenvalue weighted by Crippen LogP contribution is -2.54. The highest BCUT2D eigenvalue weighted by Gasteiger charge is 2.30. The van der Waals surface area contributed by atoms with E-state index in [0.29, 0.717) is 5.54 Å². The number of unbranched alkanes of at least 4 members (excludes halogenated alkanes) is 3. The van der Waals surface area contributed by atoms with Gasteiger partial charge in [0.2, 0.25) is 0 Å². The average molecular weight is 244 g/mol. The second kappa shape index (κ2) is 6.19. The average Bonchev–Trinajstić information content (AvgIpc) is 2.07. The van der Waals surface area contributed by atoms with E-state index < -0.39 is 0 Å². The highest BCUT2D eigenvalue weighted by Crippen LogP contribution is 2.20. The zero-order valence-corrected chi connectivity index (χ0v) is 13.6. The molecule has 0 unspecified atom stereocenters. The molecule has 0 aliphatic heterocycles. The first-order valence-electron chi connectivity index (χ1n) is 7.09. The van der Waals surface area contributed by atoms with Crippen LogP contribution in [0.2, 0.25) is 0 Å². The van der Waals surface area contributed by atoms with Crippen LogP contribution < -0.4 is 0 Å². The quantitative estimate of drug-likeness (QED) is 0.477. The molecule has 0 rings (SSSR count).